The zero-order valence-corrected chi connectivity index (χ0v) is 10.3. The molecule has 0 aliphatic carbocycles. The third-order valence-electron chi connectivity index (χ3n) is 2.44. The van der Waals surface area contributed by atoms with Crippen molar-refractivity contribution < 1.29 is 14.1 Å². The van der Waals surface area contributed by atoms with Crippen molar-refractivity contribution in [3.05, 3.63) is 39.7 Å². The van der Waals surface area contributed by atoms with E-state index in [1.807, 2.05) is 13.0 Å². The van der Waals surface area contributed by atoms with E-state index in [4.69, 9.17) is 5.26 Å². The number of hydrogen-bond acceptors (Lipinski definition) is 4. The predicted molar refractivity (Wildman–Crippen MR) is 64.9 cm³/mol. The van der Waals surface area contributed by atoms with Crippen LogP contribution in [-0.2, 0) is 0 Å². The van der Waals surface area contributed by atoms with E-state index in [0.717, 1.165) is 12.1 Å². The topological polar surface area (TPSA) is 87.2 Å². The summed E-state index contributed by atoms with van der Waals surface area (Å²) in [6.45, 7) is 2.00. The highest BCUT2D eigenvalue weighted by Gasteiger charge is 2.20. The molecule has 0 atom stereocenters. The van der Waals surface area contributed by atoms with Crippen molar-refractivity contribution in [3.63, 3.8) is 0 Å². The summed E-state index contributed by atoms with van der Waals surface area (Å²) in [7, 11) is 0. The van der Waals surface area contributed by atoms with Crippen molar-refractivity contribution in [2.75, 3.05) is 13.1 Å². The highest BCUT2D eigenvalue weighted by molar-refractivity contribution is 5.94. The lowest BCUT2D eigenvalue weighted by Gasteiger charge is -2.18. The van der Waals surface area contributed by atoms with Crippen LogP contribution in [0.4, 0.5) is 10.1 Å². The Labute approximate surface area is 109 Å². The third-order valence-corrected chi connectivity index (χ3v) is 2.44. The van der Waals surface area contributed by atoms with Crippen molar-refractivity contribution in [1.82, 2.24) is 4.90 Å². The quantitative estimate of drug-likeness (QED) is 0.463. The van der Waals surface area contributed by atoms with Crippen LogP contribution < -0.4 is 0 Å². The Bertz CT molecular complexity index is 540. The molecular formula is C12H12FN3O3. The molecule has 19 heavy (non-hydrogen) atoms. The van der Waals surface area contributed by atoms with E-state index in [0.29, 0.717) is 19.0 Å². The summed E-state index contributed by atoms with van der Waals surface area (Å²) in [5, 5.41) is 19.1. The number of halogens is 1. The monoisotopic (exact) mass is 265 g/mol. The molecule has 0 fully saturated rings. The minimum absolute atomic E-state index is 0.150. The number of non-ortho nitro benzene ring substituents is 1. The van der Waals surface area contributed by atoms with Crippen molar-refractivity contribution in [2.24, 2.45) is 0 Å². The average Bonchev–Trinajstić information content (AvgIpc) is 2.37. The lowest BCUT2D eigenvalue weighted by atomic mass is 10.1. The summed E-state index contributed by atoms with van der Waals surface area (Å²) < 4.78 is 13.7. The van der Waals surface area contributed by atoms with Crippen molar-refractivity contribution in [3.8, 4) is 6.07 Å². The first-order valence-corrected chi connectivity index (χ1v) is 5.61. The van der Waals surface area contributed by atoms with Gasteiger partial charge < -0.3 is 4.90 Å². The second-order valence-corrected chi connectivity index (χ2v) is 3.81. The fourth-order valence-corrected chi connectivity index (χ4v) is 1.57. The Hall–Kier alpha value is -2.49. The maximum absolute atomic E-state index is 13.7. The zero-order valence-electron chi connectivity index (χ0n) is 10.3. The van der Waals surface area contributed by atoms with E-state index in [1.54, 1.807) is 0 Å². The van der Waals surface area contributed by atoms with E-state index in [2.05, 4.69) is 0 Å². The Morgan fingerprint density at radius 1 is 1.58 bits per heavy atom. The van der Waals surface area contributed by atoms with Crippen molar-refractivity contribution >= 4 is 11.6 Å². The molecule has 0 radical (unpaired) electrons. The van der Waals surface area contributed by atoms with Gasteiger partial charge in [0.05, 0.1) is 22.6 Å². The van der Waals surface area contributed by atoms with Crippen LogP contribution in [0.2, 0.25) is 0 Å². The standard InChI is InChI=1S/C12H12FN3O3/c1-2-6-15(7-5-14)12(17)10-4-3-9(16(18)19)8-11(10)13/h3-4,8H,2,6-7H2,1H3. The molecule has 0 bridgehead atoms. The smallest absolute Gasteiger partial charge is 0.272 e. The van der Waals surface area contributed by atoms with Crippen LogP contribution in [0.1, 0.15) is 23.7 Å². The third kappa shape index (κ3) is 3.48. The Balaban J connectivity index is 3.05. The first-order chi connectivity index (χ1) is 9.01. The molecule has 1 aromatic rings. The van der Waals surface area contributed by atoms with E-state index >= 15 is 0 Å². The highest BCUT2D eigenvalue weighted by atomic mass is 19.1. The Morgan fingerprint density at radius 3 is 2.74 bits per heavy atom. The number of nitrogens with zero attached hydrogens (tertiary/aromatic N) is 3. The number of amides is 1. The van der Waals surface area contributed by atoms with Gasteiger partial charge in [-0.05, 0) is 12.5 Å². The second-order valence-electron chi connectivity index (χ2n) is 3.81. The minimum atomic E-state index is -0.960. The largest absolute Gasteiger partial charge is 0.325 e. The molecule has 0 heterocycles. The lowest BCUT2D eigenvalue weighted by Crippen LogP contribution is -2.32. The van der Waals surface area contributed by atoms with Gasteiger partial charge in [-0.1, -0.05) is 6.92 Å². The molecule has 100 valence electrons. The number of nitriles is 1. The zero-order chi connectivity index (χ0) is 14.4. The summed E-state index contributed by atoms with van der Waals surface area (Å²) in [5.74, 6) is -1.60. The number of rotatable bonds is 5. The summed E-state index contributed by atoms with van der Waals surface area (Å²) >= 11 is 0. The molecule has 0 aliphatic rings. The molecule has 7 heteroatoms. The molecule has 0 unspecified atom stereocenters. The first kappa shape index (κ1) is 14.6. The Morgan fingerprint density at radius 2 is 2.26 bits per heavy atom. The number of carbonyl (C=O) groups excluding carboxylic acids is 1. The fourth-order valence-electron chi connectivity index (χ4n) is 1.57. The van der Waals surface area contributed by atoms with Crippen LogP contribution in [0.15, 0.2) is 18.2 Å². The van der Waals surface area contributed by atoms with Gasteiger partial charge >= 0.3 is 0 Å². The molecule has 0 aliphatic heterocycles. The number of hydrogen-bond donors (Lipinski definition) is 0. The lowest BCUT2D eigenvalue weighted by molar-refractivity contribution is -0.385. The van der Waals surface area contributed by atoms with Crippen LogP contribution in [0.3, 0.4) is 0 Å². The average molecular weight is 265 g/mol. The van der Waals surface area contributed by atoms with Gasteiger partial charge in [-0.25, -0.2) is 4.39 Å². The fraction of sp³-hybridized carbons (Fsp3) is 0.333. The van der Waals surface area contributed by atoms with Gasteiger partial charge in [0.25, 0.3) is 11.6 Å². The van der Waals surface area contributed by atoms with Gasteiger partial charge in [-0.15, -0.1) is 0 Å². The maximum atomic E-state index is 13.7. The van der Waals surface area contributed by atoms with Crippen LogP contribution in [0.25, 0.3) is 0 Å². The van der Waals surface area contributed by atoms with Gasteiger partial charge in [-0.3, -0.25) is 14.9 Å². The maximum Gasteiger partial charge on any atom is 0.272 e. The highest BCUT2D eigenvalue weighted by Crippen LogP contribution is 2.18. The summed E-state index contributed by atoms with van der Waals surface area (Å²) in [6.07, 6.45) is 0.627. The number of nitro groups is 1. The normalized spacial score (nSPS) is 9.74. The van der Waals surface area contributed by atoms with E-state index < -0.39 is 22.3 Å². The molecule has 0 spiro atoms. The molecule has 0 aromatic heterocycles. The van der Waals surface area contributed by atoms with Crippen molar-refractivity contribution in [1.29, 1.82) is 5.26 Å². The van der Waals surface area contributed by atoms with Crippen molar-refractivity contribution in [2.45, 2.75) is 13.3 Å². The van der Waals surface area contributed by atoms with E-state index in [-0.39, 0.29) is 12.1 Å². The Kier molecular flexibility index (Phi) is 4.94. The van der Waals surface area contributed by atoms with Gasteiger partial charge in [0, 0.05) is 12.6 Å². The number of carbonyl (C=O) groups is 1. The number of nitro benzene ring substituents is 1. The summed E-state index contributed by atoms with van der Waals surface area (Å²) in [4.78, 5) is 22.9. The molecule has 0 saturated carbocycles. The van der Waals surface area contributed by atoms with Crippen LogP contribution in [0.5, 0.6) is 0 Å². The molecule has 1 aromatic carbocycles. The van der Waals surface area contributed by atoms with Gasteiger partial charge in [-0.2, -0.15) is 5.26 Å². The molecule has 0 saturated heterocycles. The van der Waals surface area contributed by atoms with Crippen LogP contribution >= 0.6 is 0 Å². The summed E-state index contributed by atoms with van der Waals surface area (Å²) in [6, 6.07) is 4.65. The molecule has 0 N–H and O–H groups in total. The minimum Gasteiger partial charge on any atom is -0.325 e. The SMILES string of the molecule is CCCN(CC#N)C(=O)c1ccc([N+](=O)[O-])cc1F. The first-order valence-electron chi connectivity index (χ1n) is 5.61. The van der Waals surface area contributed by atoms with E-state index in [1.165, 1.54) is 4.90 Å². The van der Waals surface area contributed by atoms with Gasteiger partial charge in [0.2, 0.25) is 0 Å². The molecule has 1 rings (SSSR count). The molecular weight excluding hydrogens is 253 g/mol. The summed E-state index contributed by atoms with van der Waals surface area (Å²) in [5.41, 5.74) is -0.689. The van der Waals surface area contributed by atoms with E-state index in [9.17, 15) is 19.3 Å². The van der Waals surface area contributed by atoms with Gasteiger partial charge in [0.15, 0.2) is 0 Å². The molecule has 1 amide bonds. The van der Waals surface area contributed by atoms with Crippen LogP contribution in [-0.4, -0.2) is 28.8 Å². The predicted octanol–water partition coefficient (Wildman–Crippen LogP) is 2.11. The second kappa shape index (κ2) is 6.44. The van der Waals surface area contributed by atoms with Gasteiger partial charge in [0.1, 0.15) is 12.4 Å². The molecule has 6 nitrogen and oxygen atoms in total. The van der Waals surface area contributed by atoms with Crippen LogP contribution in [0, 0.1) is 27.3 Å². The number of benzene rings is 1.